The van der Waals surface area contributed by atoms with Crippen LogP contribution in [0.2, 0.25) is 0 Å². The molecule has 1 nitrogen and oxygen atoms in total. The first-order valence-electron chi connectivity index (χ1n) is 26.1. The number of hydrogen-bond acceptors (Lipinski definition) is 3. The van der Waals surface area contributed by atoms with E-state index in [0.29, 0.717) is 0 Å². The molecule has 16 rings (SSSR count). The highest BCUT2D eigenvalue weighted by Gasteiger charge is 2.51. The van der Waals surface area contributed by atoms with Gasteiger partial charge in [0, 0.05) is 57.4 Å². The van der Waals surface area contributed by atoms with Crippen molar-refractivity contribution in [3.8, 4) is 66.8 Å². The Morgan fingerprint density at radius 2 is 0.592 bits per heavy atom. The molecule has 0 radical (unpaired) electrons. The summed E-state index contributed by atoms with van der Waals surface area (Å²) >= 11 is 3.74. The van der Waals surface area contributed by atoms with Crippen LogP contribution in [-0.2, 0) is 5.41 Å². The monoisotopic (exact) mass is 999 g/mol. The summed E-state index contributed by atoms with van der Waals surface area (Å²) in [6.45, 7) is 0. The summed E-state index contributed by atoms with van der Waals surface area (Å²) in [5.41, 5.74) is 23.0. The van der Waals surface area contributed by atoms with Crippen LogP contribution in [0.15, 0.2) is 273 Å². The Morgan fingerprint density at radius 3 is 1.11 bits per heavy atom. The summed E-state index contributed by atoms with van der Waals surface area (Å²) in [5.74, 6) is 0. The molecule has 1 spiro atoms. The number of rotatable bonds is 7. The second kappa shape index (κ2) is 17.0. The van der Waals surface area contributed by atoms with Crippen molar-refractivity contribution in [3.05, 3.63) is 295 Å². The van der Waals surface area contributed by atoms with Crippen molar-refractivity contribution in [1.82, 2.24) is 0 Å². The lowest BCUT2D eigenvalue weighted by Gasteiger charge is -2.32. The zero-order valence-corrected chi connectivity index (χ0v) is 42.9. The molecule has 3 heteroatoms. The molecule has 0 bridgehead atoms. The highest BCUT2D eigenvalue weighted by molar-refractivity contribution is 7.26. The lowest BCUT2D eigenvalue weighted by molar-refractivity contribution is 0.793. The Hall–Kier alpha value is -9.12. The van der Waals surface area contributed by atoms with Crippen LogP contribution in [0.3, 0.4) is 0 Å². The predicted molar refractivity (Wildman–Crippen MR) is 325 cm³/mol. The van der Waals surface area contributed by atoms with Crippen LogP contribution in [0.4, 0.5) is 17.1 Å². The van der Waals surface area contributed by atoms with Crippen LogP contribution in [0.1, 0.15) is 22.3 Å². The fraction of sp³-hybridized carbons (Fsp3) is 0.0137. The molecule has 354 valence electrons. The van der Waals surface area contributed by atoms with Gasteiger partial charge < -0.3 is 4.90 Å². The van der Waals surface area contributed by atoms with Crippen LogP contribution < -0.4 is 4.90 Å². The second-order valence-electron chi connectivity index (χ2n) is 20.3. The fourth-order valence-electron chi connectivity index (χ4n) is 12.8. The lowest BCUT2D eigenvalue weighted by atomic mass is 9.70. The minimum absolute atomic E-state index is 0.452. The van der Waals surface area contributed by atoms with Crippen LogP contribution >= 0.6 is 22.7 Å². The molecule has 76 heavy (non-hydrogen) atoms. The van der Waals surface area contributed by atoms with E-state index in [1.807, 2.05) is 22.7 Å². The Kier molecular flexibility index (Phi) is 9.66. The normalized spacial score (nSPS) is 12.8. The smallest absolute Gasteiger partial charge is 0.0726 e. The van der Waals surface area contributed by atoms with Gasteiger partial charge in [0.2, 0.25) is 0 Å². The third-order valence-electron chi connectivity index (χ3n) is 16.3. The van der Waals surface area contributed by atoms with E-state index in [4.69, 9.17) is 0 Å². The highest BCUT2D eigenvalue weighted by atomic mass is 32.1. The van der Waals surface area contributed by atoms with E-state index in [1.54, 1.807) is 0 Å². The number of anilines is 3. The Morgan fingerprint density at radius 1 is 0.224 bits per heavy atom. The summed E-state index contributed by atoms with van der Waals surface area (Å²) < 4.78 is 5.26. The van der Waals surface area contributed by atoms with Gasteiger partial charge in [-0.3, -0.25) is 0 Å². The Bertz CT molecular complexity index is 4440. The van der Waals surface area contributed by atoms with E-state index in [-0.39, 0.29) is 0 Å². The summed E-state index contributed by atoms with van der Waals surface area (Å²) in [4.78, 5) is 2.45. The first kappa shape index (κ1) is 43.3. The van der Waals surface area contributed by atoms with Gasteiger partial charge in [-0.15, -0.1) is 22.7 Å². The minimum Gasteiger partial charge on any atom is -0.310 e. The topological polar surface area (TPSA) is 3.24 Å². The van der Waals surface area contributed by atoms with Gasteiger partial charge in [0.15, 0.2) is 0 Å². The van der Waals surface area contributed by atoms with Gasteiger partial charge in [-0.1, -0.05) is 182 Å². The molecular weight excluding hydrogens is 955 g/mol. The predicted octanol–water partition coefficient (Wildman–Crippen LogP) is 20.9. The van der Waals surface area contributed by atoms with E-state index in [1.165, 1.54) is 124 Å². The van der Waals surface area contributed by atoms with E-state index in [0.717, 1.165) is 22.6 Å². The van der Waals surface area contributed by atoms with Crippen molar-refractivity contribution in [2.75, 3.05) is 4.90 Å². The third kappa shape index (κ3) is 6.56. The van der Waals surface area contributed by atoms with Crippen molar-refractivity contribution >= 4 is 80.1 Å². The summed E-state index contributed by atoms with van der Waals surface area (Å²) in [6.07, 6.45) is 0. The third-order valence-corrected chi connectivity index (χ3v) is 18.6. The van der Waals surface area contributed by atoms with E-state index in [2.05, 4.69) is 278 Å². The molecule has 2 heterocycles. The molecule has 0 saturated carbocycles. The first-order valence-corrected chi connectivity index (χ1v) is 27.8. The van der Waals surface area contributed by atoms with Crippen LogP contribution in [0.5, 0.6) is 0 Å². The van der Waals surface area contributed by atoms with Gasteiger partial charge in [-0.25, -0.2) is 0 Å². The van der Waals surface area contributed by atoms with E-state index >= 15 is 0 Å². The molecule has 2 aliphatic rings. The van der Waals surface area contributed by atoms with Crippen molar-refractivity contribution < 1.29 is 0 Å². The molecule has 0 saturated heterocycles. The summed E-state index contributed by atoms with van der Waals surface area (Å²) in [6, 6.07) is 102. The van der Waals surface area contributed by atoms with Gasteiger partial charge >= 0.3 is 0 Å². The Labute approximate surface area is 449 Å². The quantitative estimate of drug-likeness (QED) is 0.154. The minimum atomic E-state index is -0.452. The molecule has 12 aromatic carbocycles. The number of thiophene rings is 2. The van der Waals surface area contributed by atoms with Crippen LogP contribution in [-0.4, -0.2) is 0 Å². The highest BCUT2D eigenvalue weighted by Crippen LogP contribution is 2.63. The van der Waals surface area contributed by atoms with Gasteiger partial charge in [0.25, 0.3) is 0 Å². The maximum Gasteiger partial charge on any atom is 0.0726 e. The van der Waals surface area contributed by atoms with Gasteiger partial charge in [-0.05, 0) is 180 Å². The van der Waals surface area contributed by atoms with Crippen molar-refractivity contribution in [3.63, 3.8) is 0 Å². The van der Waals surface area contributed by atoms with Crippen molar-refractivity contribution in [2.45, 2.75) is 5.41 Å². The summed E-state index contributed by atoms with van der Waals surface area (Å²) in [5, 5.41) is 5.23. The van der Waals surface area contributed by atoms with Gasteiger partial charge in [-0.2, -0.15) is 0 Å². The average molecular weight is 1000 g/mol. The van der Waals surface area contributed by atoms with Crippen molar-refractivity contribution in [2.24, 2.45) is 0 Å². The van der Waals surface area contributed by atoms with E-state index in [9.17, 15) is 0 Å². The second-order valence-corrected chi connectivity index (χ2v) is 22.5. The zero-order chi connectivity index (χ0) is 49.9. The van der Waals surface area contributed by atoms with Crippen molar-refractivity contribution in [1.29, 1.82) is 0 Å². The number of fused-ring (bicyclic) bond motifs is 16. The molecule has 0 aliphatic heterocycles. The number of benzene rings is 12. The largest absolute Gasteiger partial charge is 0.310 e. The number of hydrogen-bond donors (Lipinski definition) is 0. The van der Waals surface area contributed by atoms with Gasteiger partial charge in [0.05, 0.1) is 5.41 Å². The first-order chi connectivity index (χ1) is 37.6. The molecular formula is C73H45NS2. The molecule has 14 aromatic rings. The van der Waals surface area contributed by atoms with Crippen LogP contribution in [0, 0.1) is 0 Å². The zero-order valence-electron chi connectivity index (χ0n) is 41.2. The SMILES string of the molecule is c1ccc(-c2ccc(N(c3ccc(-c4cc(-c5ccc6sc7ccccc7c6c5)cc(-c5ccc6sc7ccccc7c6c5)c4)cc3)c3ccc4c(c3)C3(c5ccccc5-c5ccccc53)c3ccccc3-4)cc2)cc1. The molecule has 0 unspecified atom stereocenters. The Balaban J connectivity index is 0.861. The standard InChI is InChI=1S/C73H45NS2/c1-2-14-46(15-3-1)47-26-32-54(33-27-47)74(56-36-37-60-59-18-6-11-23-67(59)73(68(60)45-56)65-21-9-4-16-57(65)58-17-5-10-22-66(58)73)55-34-28-48(29-35-55)51-40-52(49-30-38-71-63(43-49)61-19-7-12-24-69(61)75-71)42-53(41-51)50-31-39-72-64(44-50)62-20-8-13-25-70(62)76-72/h1-45H. The summed E-state index contributed by atoms with van der Waals surface area (Å²) in [7, 11) is 0. The molecule has 0 N–H and O–H groups in total. The maximum absolute atomic E-state index is 2.49. The molecule has 2 aromatic heterocycles. The molecule has 0 atom stereocenters. The van der Waals surface area contributed by atoms with Gasteiger partial charge in [0.1, 0.15) is 0 Å². The molecule has 0 amide bonds. The number of nitrogens with zero attached hydrogens (tertiary/aromatic N) is 1. The molecule has 2 aliphatic carbocycles. The fourth-order valence-corrected chi connectivity index (χ4v) is 15.0. The van der Waals surface area contributed by atoms with Crippen LogP contribution in [0.25, 0.3) is 107 Å². The maximum atomic E-state index is 2.49. The lowest BCUT2D eigenvalue weighted by Crippen LogP contribution is -2.26. The average Bonchev–Trinajstić information content (AvgIpc) is 4.43. The van der Waals surface area contributed by atoms with E-state index < -0.39 is 5.41 Å². The molecule has 0 fully saturated rings.